The van der Waals surface area contributed by atoms with Gasteiger partial charge in [0, 0.05) is 0 Å². The van der Waals surface area contributed by atoms with E-state index < -0.39 is 69.2 Å². The van der Waals surface area contributed by atoms with E-state index in [2.05, 4.69) is 6.92 Å². The van der Waals surface area contributed by atoms with Crippen LogP contribution in [0.25, 0.3) is 11.1 Å². The van der Waals surface area contributed by atoms with Crippen LogP contribution in [0.4, 0.5) is 35.1 Å². The first-order valence-corrected chi connectivity index (χ1v) is 10.2. The Morgan fingerprint density at radius 2 is 0.906 bits per heavy atom. The number of unbranched alkanes of at least 4 members (excludes halogenated alkanes) is 7. The summed E-state index contributed by atoms with van der Waals surface area (Å²) in [6.07, 6.45) is 7.13. The molecule has 0 bridgehead atoms. The van der Waals surface area contributed by atoms with Crippen molar-refractivity contribution in [1.29, 1.82) is 0 Å². The molecule has 0 aliphatic heterocycles. The predicted molar refractivity (Wildman–Crippen MR) is 101 cm³/mol. The third-order valence-corrected chi connectivity index (χ3v) is 4.96. The van der Waals surface area contributed by atoms with Crippen LogP contribution in [-0.2, 0) is 0 Å². The molecule has 2 nitrogen and oxygen atoms in total. The van der Waals surface area contributed by atoms with E-state index in [1.807, 2.05) is 0 Å². The van der Waals surface area contributed by atoms with Crippen LogP contribution in [0, 0.1) is 46.5 Å². The zero-order valence-corrected chi connectivity index (χ0v) is 17.2. The molecule has 0 saturated carbocycles. The van der Waals surface area contributed by atoms with Gasteiger partial charge in [0.25, 0.3) is 0 Å². The second-order valence-electron chi connectivity index (χ2n) is 7.26. The molecule has 0 aliphatic carbocycles. The van der Waals surface area contributed by atoms with Crippen LogP contribution < -0.4 is 4.74 Å². The molecule has 2 aromatic carbocycles. The third-order valence-electron chi connectivity index (χ3n) is 4.96. The van der Waals surface area contributed by atoms with Crippen LogP contribution in [-0.4, -0.2) is 11.7 Å². The Kier molecular flexibility index (Phi) is 9.15. The van der Waals surface area contributed by atoms with Gasteiger partial charge in [-0.1, -0.05) is 51.9 Å². The fraction of sp³-hybridized carbons (Fsp3) is 0.455. The van der Waals surface area contributed by atoms with Gasteiger partial charge in [-0.2, -0.15) is 17.6 Å². The number of hydrogen-bond donors (Lipinski definition) is 1. The molecule has 0 unspecified atom stereocenters. The second kappa shape index (κ2) is 11.4. The molecule has 0 heterocycles. The molecular weight excluding hydrogens is 448 g/mol. The van der Waals surface area contributed by atoms with Crippen molar-refractivity contribution in [1.82, 2.24) is 0 Å². The van der Waals surface area contributed by atoms with Gasteiger partial charge in [0.05, 0.1) is 17.7 Å². The number of phenols is 1. The lowest BCUT2D eigenvalue weighted by atomic mass is 10.0. The van der Waals surface area contributed by atoms with E-state index in [-0.39, 0.29) is 6.61 Å². The number of ether oxygens (including phenoxy) is 1. The predicted octanol–water partition coefficient (Wildman–Crippen LogP) is 7.69. The van der Waals surface area contributed by atoms with Gasteiger partial charge >= 0.3 is 0 Å². The minimum Gasteiger partial charge on any atom is -0.503 e. The van der Waals surface area contributed by atoms with Crippen LogP contribution >= 0.6 is 0 Å². The first-order valence-electron chi connectivity index (χ1n) is 10.2. The molecule has 178 valence electrons. The zero-order valence-electron chi connectivity index (χ0n) is 17.2. The van der Waals surface area contributed by atoms with Crippen molar-refractivity contribution in [3.05, 3.63) is 46.5 Å². The molecule has 0 fully saturated rings. The first kappa shape index (κ1) is 25.7. The van der Waals surface area contributed by atoms with Crippen LogP contribution in [0.2, 0.25) is 0 Å². The van der Waals surface area contributed by atoms with Gasteiger partial charge in [-0.3, -0.25) is 0 Å². The minimum atomic E-state index is -2.43. The maximum Gasteiger partial charge on any atom is 0.204 e. The summed E-state index contributed by atoms with van der Waals surface area (Å²) < 4.78 is 117. The van der Waals surface area contributed by atoms with Crippen molar-refractivity contribution < 1.29 is 45.0 Å². The molecule has 2 rings (SSSR count). The Labute approximate surface area is 179 Å². The summed E-state index contributed by atoms with van der Waals surface area (Å²) in [6.45, 7) is 1.80. The number of aromatic hydroxyl groups is 1. The Morgan fingerprint density at radius 1 is 0.531 bits per heavy atom. The molecule has 0 amide bonds. The largest absolute Gasteiger partial charge is 0.503 e. The van der Waals surface area contributed by atoms with Gasteiger partial charge in [0.2, 0.25) is 23.3 Å². The molecular formula is C22H22F8O2. The minimum absolute atomic E-state index is 0.286. The Balaban J connectivity index is 2.22. The molecule has 0 radical (unpaired) electrons. The van der Waals surface area contributed by atoms with Crippen molar-refractivity contribution in [2.24, 2.45) is 0 Å². The van der Waals surface area contributed by atoms with Gasteiger partial charge in [-0.05, 0) is 6.42 Å². The average Bonchev–Trinajstić information content (AvgIpc) is 2.78. The van der Waals surface area contributed by atoms with Crippen molar-refractivity contribution in [3.63, 3.8) is 0 Å². The number of halogens is 8. The molecule has 0 atom stereocenters. The molecule has 0 aliphatic rings. The molecule has 0 aromatic heterocycles. The summed E-state index contributed by atoms with van der Waals surface area (Å²) in [6, 6.07) is 0. The molecule has 2 aromatic rings. The topological polar surface area (TPSA) is 29.5 Å². The highest BCUT2D eigenvalue weighted by molar-refractivity contribution is 5.69. The Bertz CT molecular complexity index is 904. The van der Waals surface area contributed by atoms with E-state index in [0.717, 1.165) is 38.5 Å². The lowest BCUT2D eigenvalue weighted by molar-refractivity contribution is 0.263. The highest BCUT2D eigenvalue weighted by Gasteiger charge is 2.34. The highest BCUT2D eigenvalue weighted by Crippen LogP contribution is 2.41. The average molecular weight is 470 g/mol. The van der Waals surface area contributed by atoms with Crippen LogP contribution in [0.5, 0.6) is 11.5 Å². The summed E-state index contributed by atoms with van der Waals surface area (Å²) in [5.74, 6) is -22.0. The number of rotatable bonds is 11. The Morgan fingerprint density at radius 3 is 1.34 bits per heavy atom. The molecule has 0 saturated heterocycles. The summed E-state index contributed by atoms with van der Waals surface area (Å²) in [4.78, 5) is 0. The van der Waals surface area contributed by atoms with Gasteiger partial charge in [0.1, 0.15) is 0 Å². The number of phenolic OH excluding ortho intramolecular Hbond substituents is 1. The van der Waals surface area contributed by atoms with E-state index in [0.29, 0.717) is 12.8 Å². The highest BCUT2D eigenvalue weighted by atomic mass is 19.2. The molecule has 10 heteroatoms. The third kappa shape index (κ3) is 5.27. The van der Waals surface area contributed by atoms with Crippen molar-refractivity contribution in [2.45, 2.75) is 58.3 Å². The first-order chi connectivity index (χ1) is 15.1. The van der Waals surface area contributed by atoms with E-state index in [4.69, 9.17) is 9.84 Å². The second-order valence-corrected chi connectivity index (χ2v) is 7.26. The summed E-state index contributed by atoms with van der Waals surface area (Å²) in [5, 5.41) is 8.96. The molecule has 1 N–H and O–H groups in total. The maximum absolute atomic E-state index is 14.4. The van der Waals surface area contributed by atoms with Gasteiger partial charge in [-0.25, -0.2) is 17.6 Å². The van der Waals surface area contributed by atoms with Gasteiger partial charge in [0.15, 0.2) is 34.8 Å². The van der Waals surface area contributed by atoms with Crippen molar-refractivity contribution >= 4 is 0 Å². The number of hydrogen-bond acceptors (Lipinski definition) is 2. The standard InChI is InChI=1S/C22H22F8O2/c1-2-3-4-5-6-7-8-9-10-32-22-19(29)15(25)12(16(26)20(22)30)11-13(23)17(27)21(31)18(28)14(11)24/h31H,2-10H2,1H3. The van der Waals surface area contributed by atoms with Crippen LogP contribution in [0.1, 0.15) is 58.3 Å². The Hall–Kier alpha value is -2.52. The summed E-state index contributed by atoms with van der Waals surface area (Å²) in [7, 11) is 0. The zero-order chi connectivity index (χ0) is 24.0. The monoisotopic (exact) mass is 470 g/mol. The summed E-state index contributed by atoms with van der Waals surface area (Å²) in [5.41, 5.74) is -4.05. The smallest absolute Gasteiger partial charge is 0.204 e. The van der Waals surface area contributed by atoms with Crippen LogP contribution in [0.15, 0.2) is 0 Å². The molecule has 0 spiro atoms. The SMILES string of the molecule is CCCCCCCCCCOc1c(F)c(F)c(-c2c(F)c(F)c(O)c(F)c2F)c(F)c1F. The fourth-order valence-electron chi connectivity index (χ4n) is 3.21. The summed E-state index contributed by atoms with van der Waals surface area (Å²) >= 11 is 0. The normalized spacial score (nSPS) is 11.3. The maximum atomic E-state index is 14.4. The van der Waals surface area contributed by atoms with E-state index in [9.17, 15) is 35.1 Å². The number of benzene rings is 2. The van der Waals surface area contributed by atoms with Crippen molar-refractivity contribution in [2.75, 3.05) is 6.61 Å². The van der Waals surface area contributed by atoms with E-state index >= 15 is 0 Å². The fourth-order valence-corrected chi connectivity index (χ4v) is 3.21. The van der Waals surface area contributed by atoms with E-state index in [1.54, 1.807) is 0 Å². The molecule has 32 heavy (non-hydrogen) atoms. The van der Waals surface area contributed by atoms with Gasteiger partial charge in [-0.15, -0.1) is 0 Å². The van der Waals surface area contributed by atoms with E-state index in [1.165, 1.54) is 0 Å². The van der Waals surface area contributed by atoms with Crippen LogP contribution in [0.3, 0.4) is 0 Å². The lowest BCUT2D eigenvalue weighted by Gasteiger charge is -2.15. The van der Waals surface area contributed by atoms with Gasteiger partial charge < -0.3 is 9.84 Å². The lowest BCUT2D eigenvalue weighted by Crippen LogP contribution is -2.10. The quantitative estimate of drug-likeness (QED) is 0.207. The van der Waals surface area contributed by atoms with Crippen molar-refractivity contribution in [3.8, 4) is 22.6 Å².